The molecule has 5 nitrogen and oxygen atoms in total. The van der Waals surface area contributed by atoms with Gasteiger partial charge in [-0.1, -0.05) is 0 Å². The third-order valence-electron chi connectivity index (χ3n) is 0. The van der Waals surface area contributed by atoms with Crippen LogP contribution in [0.1, 0.15) is 0 Å². The Hall–Kier alpha value is -0.152. The van der Waals surface area contributed by atoms with Gasteiger partial charge in [0.15, 0.2) is 0 Å². The minimum absolute atomic E-state index is 0. The predicted molar refractivity (Wildman–Crippen MR) is 12.4 cm³/mol. The van der Waals surface area contributed by atoms with Crippen LogP contribution >= 0.6 is 0 Å². The van der Waals surface area contributed by atoms with Gasteiger partial charge < -0.3 is 10.7 Å². The Morgan fingerprint density at radius 2 is 1.67 bits per heavy atom. The second-order valence-electron chi connectivity index (χ2n) is 0.238. The average Bonchev–Trinajstić information content (AvgIpc) is 0.811. The van der Waals surface area contributed by atoms with Crippen LogP contribution in [0.15, 0.2) is 0 Å². The molecule has 0 spiro atoms. The van der Waals surface area contributed by atoms with Crippen molar-refractivity contribution in [3.05, 3.63) is 10.1 Å². The van der Waals surface area contributed by atoms with E-state index in [4.69, 9.17) is 15.3 Å². The largest absolute Gasteiger partial charge is 0.412 e. The van der Waals surface area contributed by atoms with Crippen LogP contribution in [0.3, 0.4) is 0 Å². The standard InChI is InChI=1S/Mo.HNO3.H2O/c;2-1(3)4;/h;(H,2,3,4);1H2. The molecule has 3 N–H and O–H groups in total. The summed E-state index contributed by atoms with van der Waals surface area (Å²) in [7, 11) is 0. The Morgan fingerprint density at radius 1 is 1.67 bits per heavy atom. The molecule has 6 heavy (non-hydrogen) atoms. The van der Waals surface area contributed by atoms with Crippen LogP contribution < -0.4 is 0 Å². The Labute approximate surface area is 47.6 Å². The first kappa shape index (κ1) is 16.9. The van der Waals surface area contributed by atoms with Crippen molar-refractivity contribution in [3.63, 3.8) is 0 Å². The van der Waals surface area contributed by atoms with E-state index in [1.165, 1.54) is 0 Å². The van der Waals surface area contributed by atoms with Crippen LogP contribution in [0.2, 0.25) is 0 Å². The van der Waals surface area contributed by atoms with E-state index in [-0.39, 0.29) is 26.5 Å². The maximum absolute atomic E-state index is 8.36. The monoisotopic (exact) mass is 179 g/mol. The third-order valence-corrected chi connectivity index (χ3v) is 0. The average molecular weight is 177 g/mol. The summed E-state index contributed by atoms with van der Waals surface area (Å²) in [5.41, 5.74) is 0. The van der Waals surface area contributed by atoms with E-state index in [1.807, 2.05) is 0 Å². The van der Waals surface area contributed by atoms with E-state index in [0.29, 0.717) is 0 Å². The zero-order valence-electron chi connectivity index (χ0n) is 2.62. The van der Waals surface area contributed by atoms with E-state index in [9.17, 15) is 0 Å². The molecule has 0 rings (SSSR count). The van der Waals surface area contributed by atoms with Crippen LogP contribution in [-0.2, 0) is 21.1 Å². The summed E-state index contributed by atoms with van der Waals surface area (Å²) in [6.45, 7) is 0. The first-order chi connectivity index (χ1) is 1.73. The molecule has 0 heterocycles. The third kappa shape index (κ3) is 1360. The van der Waals surface area contributed by atoms with Gasteiger partial charge in [-0.25, -0.2) is 0 Å². The first-order valence-electron chi connectivity index (χ1n) is 0.565. The van der Waals surface area contributed by atoms with Gasteiger partial charge in [0.05, 0.1) is 0 Å². The molecule has 0 aliphatic heterocycles. The quantitative estimate of drug-likeness (QED) is 0.286. The number of nitrogens with zero attached hydrogens (tertiary/aromatic N) is 1. The van der Waals surface area contributed by atoms with Crippen molar-refractivity contribution in [1.82, 2.24) is 0 Å². The Kier molecular flexibility index (Phi) is 25.0. The van der Waals surface area contributed by atoms with Gasteiger partial charge >= 0.3 is 0 Å². The molecule has 0 aliphatic rings. The van der Waals surface area contributed by atoms with E-state index >= 15 is 0 Å². The van der Waals surface area contributed by atoms with Gasteiger partial charge in [-0.3, -0.25) is 0 Å². The second-order valence-corrected chi connectivity index (χ2v) is 0.238. The summed E-state index contributed by atoms with van der Waals surface area (Å²) in [5.74, 6) is 0. The molecule has 0 aromatic rings. The Balaban J connectivity index is -0.0000000450. The predicted octanol–water partition coefficient (Wildman–Crippen LogP) is -1.17. The van der Waals surface area contributed by atoms with Crippen LogP contribution in [0.5, 0.6) is 0 Å². The van der Waals surface area contributed by atoms with Crippen LogP contribution in [0.4, 0.5) is 0 Å². The van der Waals surface area contributed by atoms with Gasteiger partial charge in [0, 0.05) is 21.1 Å². The smallest absolute Gasteiger partial charge is 0.291 e. The van der Waals surface area contributed by atoms with E-state index < -0.39 is 5.09 Å². The number of hydrogen-bond donors (Lipinski definition) is 1. The molecule has 0 bridgehead atoms. The first-order valence-corrected chi connectivity index (χ1v) is 0.565. The van der Waals surface area contributed by atoms with Gasteiger partial charge in [-0.15, -0.1) is 10.1 Å². The maximum atomic E-state index is 8.36. The fourth-order valence-electron chi connectivity index (χ4n) is 0. The van der Waals surface area contributed by atoms with Gasteiger partial charge in [0.2, 0.25) is 0 Å². The van der Waals surface area contributed by atoms with Gasteiger partial charge in [0.25, 0.3) is 5.09 Å². The normalized spacial score (nSPS) is 4.00. The van der Waals surface area contributed by atoms with Crippen molar-refractivity contribution in [2.45, 2.75) is 0 Å². The van der Waals surface area contributed by atoms with E-state index in [2.05, 4.69) is 0 Å². The molecule has 0 saturated heterocycles. The van der Waals surface area contributed by atoms with Gasteiger partial charge in [-0.2, -0.15) is 0 Å². The minimum atomic E-state index is -1.50. The summed E-state index contributed by atoms with van der Waals surface area (Å²) in [5, 5.41) is 13.6. The number of rotatable bonds is 0. The molecule has 0 radical (unpaired) electrons. The van der Waals surface area contributed by atoms with Gasteiger partial charge in [0.1, 0.15) is 0 Å². The molecule has 38 valence electrons. The molecule has 0 atom stereocenters. The maximum Gasteiger partial charge on any atom is 0.291 e. The molecule has 0 amide bonds. The molecule has 0 unspecified atom stereocenters. The van der Waals surface area contributed by atoms with Gasteiger partial charge in [-0.05, 0) is 0 Å². The zero-order chi connectivity index (χ0) is 3.58. The topological polar surface area (TPSA) is 94.9 Å². The van der Waals surface area contributed by atoms with Crippen molar-refractivity contribution < 1.29 is 36.8 Å². The van der Waals surface area contributed by atoms with E-state index in [0.717, 1.165) is 0 Å². The zero-order valence-corrected chi connectivity index (χ0v) is 4.63. The molecule has 0 aromatic carbocycles. The Bertz CT molecular complexity index is 30.5. The fourth-order valence-corrected chi connectivity index (χ4v) is 0. The summed E-state index contributed by atoms with van der Waals surface area (Å²) >= 11 is 0. The number of hydrogen-bond acceptors (Lipinski definition) is 2. The summed E-state index contributed by atoms with van der Waals surface area (Å²) < 4.78 is 0. The van der Waals surface area contributed by atoms with Crippen molar-refractivity contribution in [1.29, 1.82) is 0 Å². The molecule has 6 heteroatoms. The molecule has 0 saturated carbocycles. The van der Waals surface area contributed by atoms with Crippen molar-refractivity contribution in [2.75, 3.05) is 0 Å². The van der Waals surface area contributed by atoms with Crippen LogP contribution in [0, 0.1) is 10.1 Å². The molecular formula is H3MoNO4. The van der Waals surface area contributed by atoms with Crippen LogP contribution in [-0.4, -0.2) is 15.8 Å². The summed E-state index contributed by atoms with van der Waals surface area (Å²) in [6, 6.07) is 0. The molecule has 0 fully saturated rings. The summed E-state index contributed by atoms with van der Waals surface area (Å²) in [6.07, 6.45) is 0. The minimum Gasteiger partial charge on any atom is -0.412 e. The fraction of sp³-hybridized carbons (Fsp3) is 0. The Morgan fingerprint density at radius 3 is 1.67 bits per heavy atom. The summed E-state index contributed by atoms with van der Waals surface area (Å²) in [4.78, 5) is 8.36. The van der Waals surface area contributed by atoms with E-state index in [1.54, 1.807) is 0 Å². The molecular weight excluding hydrogens is 174 g/mol. The SMILES string of the molecule is O.O=[N+]([O-])O.[Mo]. The van der Waals surface area contributed by atoms with Crippen LogP contribution in [0.25, 0.3) is 0 Å². The molecule has 0 aliphatic carbocycles. The second kappa shape index (κ2) is 8.85. The van der Waals surface area contributed by atoms with Crippen molar-refractivity contribution in [2.24, 2.45) is 0 Å². The van der Waals surface area contributed by atoms with Crippen molar-refractivity contribution in [3.8, 4) is 0 Å². The van der Waals surface area contributed by atoms with Crippen molar-refractivity contribution >= 4 is 0 Å². The molecule has 0 aromatic heterocycles.